The lowest BCUT2D eigenvalue weighted by Gasteiger charge is -2.08. The standard InChI is InChI=1S/C26H22N2O6S/c1-3-33-26(30)20-9-11-22(12-10-20)28-25(29)21(17-27)15-19-5-4-6-23(16-19)34-35(31,32)24-13-7-18(2)8-14-24/h4-16H,3H2,1-2H3,(H,28,29)/b21-15+. The maximum absolute atomic E-state index is 12.6. The number of carbonyl (C=O) groups excluding carboxylic acids is 2. The van der Waals surface area contributed by atoms with Crippen LogP contribution in [0.25, 0.3) is 6.08 Å². The van der Waals surface area contributed by atoms with E-state index >= 15 is 0 Å². The molecule has 0 saturated heterocycles. The van der Waals surface area contributed by atoms with E-state index in [9.17, 15) is 23.3 Å². The Labute approximate surface area is 203 Å². The van der Waals surface area contributed by atoms with Gasteiger partial charge in [0.15, 0.2) is 0 Å². The molecule has 0 radical (unpaired) electrons. The molecule has 0 aliphatic heterocycles. The summed E-state index contributed by atoms with van der Waals surface area (Å²) < 4.78 is 35.2. The average Bonchev–Trinajstić information content (AvgIpc) is 2.83. The minimum Gasteiger partial charge on any atom is -0.462 e. The predicted octanol–water partition coefficient (Wildman–Crippen LogP) is 4.49. The highest BCUT2D eigenvalue weighted by Gasteiger charge is 2.17. The fourth-order valence-electron chi connectivity index (χ4n) is 2.95. The highest BCUT2D eigenvalue weighted by Crippen LogP contribution is 2.22. The summed E-state index contributed by atoms with van der Waals surface area (Å²) in [6.45, 7) is 3.79. The number of rotatable bonds is 8. The summed E-state index contributed by atoms with van der Waals surface area (Å²) in [5, 5.41) is 12.1. The lowest BCUT2D eigenvalue weighted by Crippen LogP contribution is -2.13. The lowest BCUT2D eigenvalue weighted by atomic mass is 10.1. The molecule has 0 aromatic heterocycles. The van der Waals surface area contributed by atoms with Crippen LogP contribution in [0.5, 0.6) is 5.75 Å². The third-order valence-electron chi connectivity index (χ3n) is 4.70. The summed E-state index contributed by atoms with van der Waals surface area (Å²) >= 11 is 0. The first kappa shape index (κ1) is 25.2. The number of ether oxygens (including phenoxy) is 1. The van der Waals surface area contributed by atoms with Gasteiger partial charge in [-0.25, -0.2) is 4.79 Å². The van der Waals surface area contributed by atoms with E-state index in [1.807, 2.05) is 13.0 Å². The molecule has 35 heavy (non-hydrogen) atoms. The van der Waals surface area contributed by atoms with Crippen molar-refractivity contribution in [2.24, 2.45) is 0 Å². The molecule has 1 amide bonds. The Hall–Kier alpha value is -4.42. The van der Waals surface area contributed by atoms with Crippen LogP contribution in [0.2, 0.25) is 0 Å². The van der Waals surface area contributed by atoms with Crippen LogP contribution in [0.3, 0.4) is 0 Å². The van der Waals surface area contributed by atoms with Crippen molar-refractivity contribution in [3.63, 3.8) is 0 Å². The highest BCUT2D eigenvalue weighted by atomic mass is 32.2. The summed E-state index contributed by atoms with van der Waals surface area (Å²) in [5.41, 5.74) is 1.81. The normalized spacial score (nSPS) is 11.3. The lowest BCUT2D eigenvalue weighted by molar-refractivity contribution is -0.112. The van der Waals surface area contributed by atoms with Crippen LogP contribution in [-0.4, -0.2) is 26.9 Å². The van der Waals surface area contributed by atoms with Crippen LogP contribution in [-0.2, 0) is 19.6 Å². The van der Waals surface area contributed by atoms with Gasteiger partial charge in [-0.05, 0) is 74.0 Å². The topological polar surface area (TPSA) is 123 Å². The molecule has 3 aromatic carbocycles. The molecule has 0 fully saturated rings. The van der Waals surface area contributed by atoms with Gasteiger partial charge in [-0.1, -0.05) is 29.8 Å². The molecule has 9 heteroatoms. The monoisotopic (exact) mass is 490 g/mol. The van der Waals surface area contributed by atoms with Gasteiger partial charge in [0.2, 0.25) is 0 Å². The molecule has 0 aliphatic rings. The zero-order valence-corrected chi connectivity index (χ0v) is 19.8. The molecule has 0 unspecified atom stereocenters. The number of hydrogen-bond donors (Lipinski definition) is 1. The molecule has 3 rings (SSSR count). The van der Waals surface area contributed by atoms with E-state index in [0.717, 1.165) is 5.56 Å². The molecular weight excluding hydrogens is 468 g/mol. The number of aryl methyl sites for hydroxylation is 1. The van der Waals surface area contributed by atoms with Crippen molar-refractivity contribution in [3.05, 3.63) is 95.1 Å². The number of nitrogens with zero attached hydrogens (tertiary/aromatic N) is 1. The van der Waals surface area contributed by atoms with Crippen LogP contribution in [0.4, 0.5) is 5.69 Å². The Morgan fingerprint density at radius 1 is 1.03 bits per heavy atom. The number of nitrogens with one attached hydrogen (secondary N) is 1. The first-order chi connectivity index (χ1) is 16.7. The van der Waals surface area contributed by atoms with E-state index in [-0.39, 0.29) is 22.8 Å². The van der Waals surface area contributed by atoms with Crippen molar-refractivity contribution < 1.29 is 26.9 Å². The fourth-order valence-corrected chi connectivity index (χ4v) is 3.88. The minimum absolute atomic E-state index is 0.00936. The maximum atomic E-state index is 12.6. The predicted molar refractivity (Wildman–Crippen MR) is 130 cm³/mol. The van der Waals surface area contributed by atoms with Gasteiger partial charge in [0, 0.05) is 5.69 Å². The molecular formula is C26H22N2O6S. The van der Waals surface area contributed by atoms with Crippen molar-refractivity contribution in [2.75, 3.05) is 11.9 Å². The molecule has 0 spiro atoms. The van der Waals surface area contributed by atoms with E-state index in [1.165, 1.54) is 54.6 Å². The summed E-state index contributed by atoms with van der Waals surface area (Å²) in [4.78, 5) is 24.3. The molecule has 0 saturated carbocycles. The Balaban J connectivity index is 1.74. The average molecular weight is 491 g/mol. The SMILES string of the molecule is CCOC(=O)c1ccc(NC(=O)/C(C#N)=C/c2cccc(OS(=O)(=O)c3ccc(C)cc3)c2)cc1. The maximum Gasteiger partial charge on any atom is 0.339 e. The third-order valence-corrected chi connectivity index (χ3v) is 5.97. The Kier molecular flexibility index (Phi) is 8.02. The second-order valence-electron chi connectivity index (χ2n) is 7.34. The van der Waals surface area contributed by atoms with Gasteiger partial charge in [0.1, 0.15) is 22.3 Å². The molecule has 178 valence electrons. The molecule has 0 atom stereocenters. The summed E-state index contributed by atoms with van der Waals surface area (Å²) in [7, 11) is -4.05. The van der Waals surface area contributed by atoms with Crippen LogP contribution in [0.1, 0.15) is 28.4 Å². The number of carbonyl (C=O) groups is 2. The second-order valence-corrected chi connectivity index (χ2v) is 8.89. The van der Waals surface area contributed by atoms with Crippen molar-refractivity contribution in [3.8, 4) is 11.8 Å². The number of anilines is 1. The van der Waals surface area contributed by atoms with Crippen LogP contribution < -0.4 is 9.50 Å². The Morgan fingerprint density at radius 3 is 2.34 bits per heavy atom. The molecule has 8 nitrogen and oxygen atoms in total. The summed E-state index contributed by atoms with van der Waals surface area (Å²) in [6.07, 6.45) is 1.31. The third kappa shape index (κ3) is 6.79. The molecule has 0 bridgehead atoms. The number of nitriles is 1. The van der Waals surface area contributed by atoms with Crippen LogP contribution >= 0.6 is 0 Å². The second kappa shape index (κ2) is 11.1. The van der Waals surface area contributed by atoms with Gasteiger partial charge >= 0.3 is 16.1 Å². The van der Waals surface area contributed by atoms with Crippen molar-refractivity contribution in [2.45, 2.75) is 18.7 Å². The minimum atomic E-state index is -4.05. The number of esters is 1. The van der Waals surface area contributed by atoms with Gasteiger partial charge in [0.05, 0.1) is 12.2 Å². The van der Waals surface area contributed by atoms with E-state index < -0.39 is 22.0 Å². The quantitative estimate of drug-likeness (QED) is 0.214. The molecule has 0 aliphatic carbocycles. The Bertz CT molecular complexity index is 1400. The van der Waals surface area contributed by atoms with Crippen molar-refractivity contribution >= 4 is 33.8 Å². The zero-order valence-electron chi connectivity index (χ0n) is 19.0. The van der Waals surface area contributed by atoms with Gasteiger partial charge in [-0.2, -0.15) is 13.7 Å². The molecule has 0 heterocycles. The summed E-state index contributed by atoms with van der Waals surface area (Å²) in [6, 6.07) is 20.1. The summed E-state index contributed by atoms with van der Waals surface area (Å²) in [5.74, 6) is -1.11. The fraction of sp³-hybridized carbons (Fsp3) is 0.115. The van der Waals surface area contributed by atoms with E-state index in [4.69, 9.17) is 8.92 Å². The number of hydrogen-bond acceptors (Lipinski definition) is 7. The Morgan fingerprint density at radius 2 is 1.71 bits per heavy atom. The number of amides is 1. The van der Waals surface area contributed by atoms with Gasteiger partial charge in [-0.15, -0.1) is 0 Å². The van der Waals surface area contributed by atoms with E-state index in [2.05, 4.69) is 5.32 Å². The number of benzene rings is 3. The largest absolute Gasteiger partial charge is 0.462 e. The van der Waals surface area contributed by atoms with Crippen molar-refractivity contribution in [1.82, 2.24) is 0 Å². The highest BCUT2D eigenvalue weighted by molar-refractivity contribution is 7.87. The van der Waals surface area contributed by atoms with Crippen LogP contribution in [0, 0.1) is 18.3 Å². The van der Waals surface area contributed by atoms with Gasteiger partial charge in [-0.3, -0.25) is 4.79 Å². The molecule has 1 N–H and O–H groups in total. The van der Waals surface area contributed by atoms with Crippen LogP contribution in [0.15, 0.2) is 83.3 Å². The first-order valence-corrected chi connectivity index (χ1v) is 11.9. The van der Waals surface area contributed by atoms with E-state index in [1.54, 1.807) is 31.2 Å². The van der Waals surface area contributed by atoms with Crippen molar-refractivity contribution in [1.29, 1.82) is 5.26 Å². The molecule has 3 aromatic rings. The van der Waals surface area contributed by atoms with E-state index in [0.29, 0.717) is 16.8 Å². The van der Waals surface area contributed by atoms with Gasteiger partial charge in [0.25, 0.3) is 5.91 Å². The van der Waals surface area contributed by atoms with Gasteiger partial charge < -0.3 is 14.2 Å². The zero-order chi connectivity index (χ0) is 25.4. The smallest absolute Gasteiger partial charge is 0.339 e. The first-order valence-electron chi connectivity index (χ1n) is 10.5.